The molecule has 1 heterocycles. The van der Waals surface area contributed by atoms with E-state index in [0.717, 1.165) is 30.3 Å². The summed E-state index contributed by atoms with van der Waals surface area (Å²) >= 11 is 6.15. The van der Waals surface area contributed by atoms with Crippen molar-refractivity contribution in [2.24, 2.45) is 10.2 Å². The van der Waals surface area contributed by atoms with Crippen molar-refractivity contribution in [3.8, 4) is 5.75 Å². The van der Waals surface area contributed by atoms with Crippen LogP contribution in [0.1, 0.15) is 5.56 Å². The number of halogens is 1. The van der Waals surface area contributed by atoms with Crippen LogP contribution in [-0.2, 0) is 30.4 Å². The molecule has 1 aromatic heterocycles. The normalized spacial score (nSPS) is 12.5. The van der Waals surface area contributed by atoms with Crippen molar-refractivity contribution < 1.29 is 44.0 Å². The Balaban J connectivity index is 1.75. The van der Waals surface area contributed by atoms with Gasteiger partial charge in [-0.3, -0.25) is 13.7 Å². The number of nitrogens with zero attached hydrogens (tertiary/aromatic N) is 6. The van der Waals surface area contributed by atoms with Gasteiger partial charge in [0.1, 0.15) is 21.2 Å². The number of hydrogen-bond acceptors (Lipinski definition) is 14. The van der Waals surface area contributed by atoms with Crippen molar-refractivity contribution in [3.05, 3.63) is 77.6 Å². The lowest BCUT2D eigenvalue weighted by Crippen LogP contribution is -2.15. The van der Waals surface area contributed by atoms with Gasteiger partial charge in [0.05, 0.1) is 10.6 Å². The predicted molar refractivity (Wildman–Crippen MR) is 173 cm³/mol. The molecule has 0 amide bonds. The molecule has 5 aromatic rings. The highest BCUT2D eigenvalue weighted by molar-refractivity contribution is 7.86. The minimum absolute atomic E-state index is 0.0269. The van der Waals surface area contributed by atoms with Gasteiger partial charge in [0.2, 0.25) is 17.2 Å². The second-order valence-electron chi connectivity index (χ2n) is 9.98. The number of fused-ring (bicyclic) bond motifs is 1. The number of rotatable bonds is 9. The van der Waals surface area contributed by atoms with E-state index in [9.17, 15) is 44.0 Å². The summed E-state index contributed by atoms with van der Waals surface area (Å²) in [5, 5.41) is 20.5. The van der Waals surface area contributed by atoms with E-state index in [0.29, 0.717) is 11.3 Å². The van der Waals surface area contributed by atoms with E-state index in [1.54, 1.807) is 42.3 Å². The van der Waals surface area contributed by atoms with Gasteiger partial charge in [0, 0.05) is 18.1 Å². The second kappa shape index (κ2) is 12.6. The van der Waals surface area contributed by atoms with Gasteiger partial charge in [-0.05, 0) is 71.9 Å². The van der Waals surface area contributed by atoms with E-state index in [2.05, 4.69) is 30.5 Å². The van der Waals surface area contributed by atoms with E-state index in [-0.39, 0.29) is 33.6 Å². The SMILES string of the molecule is Cc1ccc(N=Nc2c(S(=O)(=O)O)cc3cc(S(=O)(=O)O)cc(Nc4nc(Cl)nc(N(C)c5ccccc5)n4)c3c2O)c(S(=O)(=O)O)c1. The zero-order valence-electron chi connectivity index (χ0n) is 24.4. The maximum absolute atomic E-state index is 12.4. The average molecular weight is 736 g/mol. The van der Waals surface area contributed by atoms with Crippen LogP contribution in [0.4, 0.5) is 34.6 Å². The van der Waals surface area contributed by atoms with Gasteiger partial charge in [-0.2, -0.15) is 40.2 Å². The van der Waals surface area contributed by atoms with Crippen molar-refractivity contribution in [3.63, 3.8) is 0 Å². The molecule has 0 aliphatic rings. The number of anilines is 4. The molecule has 0 saturated carbocycles. The van der Waals surface area contributed by atoms with Crippen molar-refractivity contribution in [2.75, 3.05) is 17.3 Å². The number of benzene rings is 4. The van der Waals surface area contributed by atoms with E-state index in [1.165, 1.54) is 13.0 Å². The number of azo groups is 1. The summed E-state index contributed by atoms with van der Waals surface area (Å²) < 4.78 is 103. The number of para-hydroxylation sites is 1. The summed E-state index contributed by atoms with van der Waals surface area (Å²) in [4.78, 5) is 11.4. The molecule has 0 unspecified atom stereocenters. The van der Waals surface area contributed by atoms with Gasteiger partial charge in [0.15, 0.2) is 5.75 Å². The van der Waals surface area contributed by atoms with Crippen LogP contribution in [-0.4, -0.2) is 66.0 Å². The molecule has 0 aliphatic carbocycles. The van der Waals surface area contributed by atoms with Crippen LogP contribution in [0.15, 0.2) is 91.6 Å². The van der Waals surface area contributed by atoms with Crippen LogP contribution < -0.4 is 10.2 Å². The fraction of sp³-hybridized carbons (Fsp3) is 0.0741. The van der Waals surface area contributed by atoms with E-state index in [1.807, 2.05) is 0 Å². The van der Waals surface area contributed by atoms with Gasteiger partial charge in [-0.15, -0.1) is 10.2 Å². The van der Waals surface area contributed by atoms with Gasteiger partial charge in [-0.1, -0.05) is 24.3 Å². The predicted octanol–water partition coefficient (Wildman–Crippen LogP) is 5.36. The van der Waals surface area contributed by atoms with E-state index < -0.39 is 62.2 Å². The highest BCUT2D eigenvalue weighted by atomic mass is 35.5. The Morgan fingerprint density at radius 1 is 0.792 bits per heavy atom. The Kier molecular flexibility index (Phi) is 9.09. The molecule has 0 bridgehead atoms. The van der Waals surface area contributed by atoms with Gasteiger partial charge < -0.3 is 15.3 Å². The summed E-state index contributed by atoms with van der Waals surface area (Å²) in [6.45, 7) is 1.53. The number of aromatic hydroxyl groups is 1. The lowest BCUT2D eigenvalue weighted by atomic mass is 10.1. The Bertz CT molecular complexity index is 2470. The molecule has 0 saturated heterocycles. The largest absolute Gasteiger partial charge is 0.505 e. The number of phenolic OH excluding ortho intramolecular Hbond substituents is 1. The van der Waals surface area contributed by atoms with Crippen molar-refractivity contribution in [2.45, 2.75) is 21.6 Å². The van der Waals surface area contributed by atoms with Crippen LogP contribution in [0.3, 0.4) is 0 Å². The minimum atomic E-state index is -5.23. The lowest BCUT2D eigenvalue weighted by Gasteiger charge is -2.18. The molecule has 17 nitrogen and oxygen atoms in total. The van der Waals surface area contributed by atoms with Gasteiger partial charge in [-0.25, -0.2) is 0 Å². The summed E-state index contributed by atoms with van der Waals surface area (Å²) in [5.41, 5.74) is -0.636. The summed E-state index contributed by atoms with van der Waals surface area (Å²) in [6.07, 6.45) is 0. The highest BCUT2D eigenvalue weighted by Crippen LogP contribution is 2.46. The number of aromatic nitrogens is 3. The van der Waals surface area contributed by atoms with E-state index in [4.69, 9.17) is 11.6 Å². The molecular weight excluding hydrogens is 714 g/mol. The Hall–Kier alpha value is -4.83. The third-order valence-electron chi connectivity index (χ3n) is 6.64. The molecule has 0 radical (unpaired) electrons. The third kappa shape index (κ3) is 7.33. The maximum atomic E-state index is 12.4. The fourth-order valence-corrected chi connectivity index (χ4v) is 6.51. The number of nitrogens with one attached hydrogen (secondary N) is 1. The standard InChI is InChI=1S/C27H22ClN7O10S3/c1-14-8-9-18(20(10-14)47(40,41)42)33-34-23-21(48(43,44)45)12-15-11-17(46(37,38)39)13-19(22(15)24(23)36)29-26-30-25(28)31-27(32-26)35(2)16-6-4-3-5-7-16/h3-13,36H,1-2H3,(H,37,38,39)(H,40,41,42)(H,43,44,45)(H,29,30,31,32). The second-order valence-corrected chi connectivity index (χ2v) is 14.5. The molecule has 5 rings (SSSR count). The number of aryl methyl sites for hydroxylation is 1. The Morgan fingerprint density at radius 2 is 1.46 bits per heavy atom. The third-order valence-corrected chi connectivity index (χ3v) is 9.39. The van der Waals surface area contributed by atoms with E-state index >= 15 is 0 Å². The van der Waals surface area contributed by atoms with Crippen LogP contribution in [0.5, 0.6) is 5.75 Å². The smallest absolute Gasteiger partial charge is 0.296 e. The molecule has 0 fully saturated rings. The molecule has 0 aliphatic heterocycles. The molecule has 0 atom stereocenters. The molecule has 48 heavy (non-hydrogen) atoms. The number of phenols is 1. The molecule has 21 heteroatoms. The monoisotopic (exact) mass is 735 g/mol. The van der Waals surface area contributed by atoms with Crippen molar-refractivity contribution in [1.82, 2.24) is 15.0 Å². The summed E-state index contributed by atoms with van der Waals surface area (Å²) in [6, 6.07) is 14.8. The summed E-state index contributed by atoms with van der Waals surface area (Å²) in [7, 11) is -13.4. The minimum Gasteiger partial charge on any atom is -0.505 e. The van der Waals surface area contributed by atoms with Crippen LogP contribution in [0.2, 0.25) is 5.28 Å². The fourth-order valence-electron chi connectivity index (χ4n) is 4.45. The summed E-state index contributed by atoms with van der Waals surface area (Å²) in [5.74, 6) is -1.27. The van der Waals surface area contributed by atoms with Crippen LogP contribution >= 0.6 is 11.6 Å². The molecule has 4 aromatic carbocycles. The first-order valence-corrected chi connectivity index (χ1v) is 17.8. The lowest BCUT2D eigenvalue weighted by molar-refractivity contribution is 0.472. The van der Waals surface area contributed by atoms with Crippen molar-refractivity contribution >= 4 is 87.4 Å². The van der Waals surface area contributed by atoms with Gasteiger partial charge in [0.25, 0.3) is 30.4 Å². The first-order chi connectivity index (χ1) is 22.3. The first kappa shape index (κ1) is 34.5. The average Bonchev–Trinajstić information content (AvgIpc) is 2.99. The topological polar surface area (TPSA) is 262 Å². The molecule has 0 spiro atoms. The molecular formula is C27H22ClN7O10S3. The van der Waals surface area contributed by atoms with Crippen molar-refractivity contribution in [1.29, 1.82) is 0 Å². The number of hydrogen-bond donors (Lipinski definition) is 5. The maximum Gasteiger partial charge on any atom is 0.296 e. The van der Waals surface area contributed by atoms with Crippen LogP contribution in [0.25, 0.3) is 10.8 Å². The Labute approximate surface area is 277 Å². The molecule has 5 N–H and O–H groups in total. The first-order valence-electron chi connectivity index (χ1n) is 13.1. The quantitative estimate of drug-likeness (QED) is 0.0942. The zero-order valence-corrected chi connectivity index (χ0v) is 27.6. The van der Waals surface area contributed by atoms with Crippen LogP contribution in [0, 0.1) is 6.92 Å². The highest BCUT2D eigenvalue weighted by Gasteiger charge is 2.26. The molecule has 250 valence electrons. The Morgan fingerprint density at radius 3 is 2.08 bits per heavy atom. The zero-order chi connectivity index (χ0) is 35.2. The van der Waals surface area contributed by atoms with Gasteiger partial charge >= 0.3 is 0 Å².